The summed E-state index contributed by atoms with van der Waals surface area (Å²) in [6.45, 7) is 0.0406. The van der Waals surface area contributed by atoms with Crippen LogP contribution in [0.4, 0.5) is 18.9 Å². The summed E-state index contributed by atoms with van der Waals surface area (Å²) in [6.07, 6.45) is 0. The minimum Gasteiger partial charge on any atom is -0.493 e. The van der Waals surface area contributed by atoms with E-state index in [2.05, 4.69) is 10.9 Å². The Balaban J connectivity index is 1.59. The van der Waals surface area contributed by atoms with E-state index >= 15 is 0 Å². The molecule has 0 saturated heterocycles. The van der Waals surface area contributed by atoms with Crippen LogP contribution in [0.3, 0.4) is 0 Å². The van der Waals surface area contributed by atoms with Gasteiger partial charge >= 0.3 is 5.91 Å². The molecule has 2 N–H and O–H groups in total. The largest absolute Gasteiger partial charge is 0.493 e. The smallest absolute Gasteiger partial charge is 0.305 e. The number of methoxy groups -OCH3 is 1. The van der Waals surface area contributed by atoms with E-state index in [-0.39, 0.29) is 12.4 Å². The third kappa shape index (κ3) is 4.20. The molecule has 0 spiro atoms. The van der Waals surface area contributed by atoms with Crippen molar-refractivity contribution in [2.75, 3.05) is 12.5 Å². The highest BCUT2D eigenvalue weighted by Gasteiger charge is 2.16. The van der Waals surface area contributed by atoms with Crippen LogP contribution in [-0.4, -0.2) is 13.0 Å². The number of para-hydroxylation sites is 2. The number of hydrazine groups is 1. The SMILES string of the molecule is COc1ccccc1OCc1ccc(C(=O)NNc2ccc(F)c(F)c2F)o1. The molecule has 1 heterocycles. The first kappa shape index (κ1) is 19.2. The maximum absolute atomic E-state index is 13.6. The number of halogens is 3. The van der Waals surface area contributed by atoms with Crippen LogP contribution in [0.5, 0.6) is 11.5 Å². The van der Waals surface area contributed by atoms with Crippen molar-refractivity contribution in [3.63, 3.8) is 0 Å². The minimum atomic E-state index is -1.65. The molecule has 1 aromatic heterocycles. The average Bonchev–Trinajstić information content (AvgIpc) is 3.19. The van der Waals surface area contributed by atoms with Crippen LogP contribution >= 0.6 is 0 Å². The van der Waals surface area contributed by atoms with Gasteiger partial charge in [-0.15, -0.1) is 0 Å². The zero-order valence-corrected chi connectivity index (χ0v) is 14.6. The van der Waals surface area contributed by atoms with Crippen molar-refractivity contribution >= 4 is 11.6 Å². The number of ether oxygens (including phenoxy) is 2. The molecule has 2 aromatic carbocycles. The van der Waals surface area contributed by atoms with E-state index in [1.54, 1.807) is 24.3 Å². The fraction of sp³-hybridized carbons (Fsp3) is 0.105. The van der Waals surface area contributed by atoms with E-state index < -0.39 is 29.0 Å². The van der Waals surface area contributed by atoms with Crippen LogP contribution in [0.15, 0.2) is 52.9 Å². The zero-order valence-electron chi connectivity index (χ0n) is 14.6. The Bertz CT molecular complexity index is 991. The molecule has 0 fully saturated rings. The summed E-state index contributed by atoms with van der Waals surface area (Å²) in [5, 5.41) is 0. The fourth-order valence-corrected chi connectivity index (χ4v) is 2.27. The normalized spacial score (nSPS) is 10.4. The first-order chi connectivity index (χ1) is 13.5. The lowest BCUT2D eigenvalue weighted by Crippen LogP contribution is -2.29. The number of amides is 1. The second kappa shape index (κ2) is 8.38. The van der Waals surface area contributed by atoms with Gasteiger partial charge in [-0.3, -0.25) is 15.6 Å². The van der Waals surface area contributed by atoms with Crippen molar-refractivity contribution in [2.24, 2.45) is 0 Å². The number of anilines is 1. The summed E-state index contributed by atoms with van der Waals surface area (Å²) in [5.74, 6) is -3.86. The van der Waals surface area contributed by atoms with Crippen LogP contribution in [0.2, 0.25) is 0 Å². The Kier molecular flexibility index (Phi) is 5.73. The first-order valence-electron chi connectivity index (χ1n) is 8.04. The maximum atomic E-state index is 13.6. The van der Waals surface area contributed by atoms with Gasteiger partial charge < -0.3 is 13.9 Å². The monoisotopic (exact) mass is 392 g/mol. The van der Waals surface area contributed by atoms with Crippen molar-refractivity contribution in [3.8, 4) is 11.5 Å². The molecule has 0 saturated carbocycles. The Hall–Kier alpha value is -3.62. The number of carbonyl (C=O) groups excluding carboxylic acids is 1. The molecule has 3 aromatic rings. The molecule has 146 valence electrons. The van der Waals surface area contributed by atoms with Crippen molar-refractivity contribution in [2.45, 2.75) is 6.61 Å². The second-order valence-corrected chi connectivity index (χ2v) is 5.51. The van der Waals surface area contributed by atoms with Gasteiger partial charge in [0.05, 0.1) is 12.8 Å². The van der Waals surface area contributed by atoms with E-state index in [9.17, 15) is 18.0 Å². The molecule has 0 aliphatic heterocycles. The van der Waals surface area contributed by atoms with Crippen molar-refractivity contribution in [1.82, 2.24) is 5.43 Å². The number of benzene rings is 2. The van der Waals surface area contributed by atoms with Gasteiger partial charge in [0.1, 0.15) is 12.4 Å². The predicted molar refractivity (Wildman–Crippen MR) is 93.4 cm³/mol. The average molecular weight is 392 g/mol. The lowest BCUT2D eigenvalue weighted by atomic mass is 10.3. The number of rotatable bonds is 7. The highest BCUT2D eigenvalue weighted by Crippen LogP contribution is 2.27. The minimum absolute atomic E-state index is 0.0406. The molecule has 0 radical (unpaired) electrons. The molecule has 0 unspecified atom stereocenters. The van der Waals surface area contributed by atoms with Gasteiger partial charge in [0.2, 0.25) is 0 Å². The summed E-state index contributed by atoms with van der Waals surface area (Å²) < 4.78 is 55.8. The summed E-state index contributed by atoms with van der Waals surface area (Å²) in [6, 6.07) is 11.6. The molecule has 28 heavy (non-hydrogen) atoms. The Morgan fingerprint density at radius 1 is 1.00 bits per heavy atom. The summed E-state index contributed by atoms with van der Waals surface area (Å²) >= 11 is 0. The quantitative estimate of drug-likeness (QED) is 0.469. The van der Waals surface area contributed by atoms with Gasteiger partial charge in [-0.1, -0.05) is 12.1 Å². The van der Waals surface area contributed by atoms with Crippen LogP contribution in [0.25, 0.3) is 0 Å². The van der Waals surface area contributed by atoms with Crippen molar-refractivity contribution < 1.29 is 31.9 Å². The Morgan fingerprint density at radius 2 is 1.75 bits per heavy atom. The maximum Gasteiger partial charge on any atom is 0.305 e. The highest BCUT2D eigenvalue weighted by atomic mass is 19.2. The van der Waals surface area contributed by atoms with Gasteiger partial charge in [-0.05, 0) is 36.4 Å². The number of carbonyl (C=O) groups is 1. The summed E-state index contributed by atoms with van der Waals surface area (Å²) in [5.41, 5.74) is 3.88. The van der Waals surface area contributed by atoms with Crippen LogP contribution in [0, 0.1) is 17.5 Å². The molecular weight excluding hydrogens is 377 g/mol. The van der Waals surface area contributed by atoms with E-state index in [0.717, 1.165) is 12.1 Å². The van der Waals surface area contributed by atoms with Crippen LogP contribution in [-0.2, 0) is 6.61 Å². The molecule has 6 nitrogen and oxygen atoms in total. The van der Waals surface area contributed by atoms with Crippen molar-refractivity contribution in [1.29, 1.82) is 0 Å². The number of hydrogen-bond acceptors (Lipinski definition) is 5. The standard InChI is InChI=1S/C19H15F3N2O4/c1-26-14-4-2-3-5-15(14)27-10-11-6-9-16(28-11)19(25)24-23-13-8-7-12(20)17(21)18(13)22/h2-9,23H,10H2,1H3,(H,24,25). The third-order valence-electron chi connectivity index (χ3n) is 3.67. The molecule has 1 amide bonds. The van der Waals surface area contributed by atoms with Gasteiger partial charge in [0.15, 0.2) is 34.7 Å². The molecule has 0 atom stereocenters. The van der Waals surface area contributed by atoms with Crippen LogP contribution < -0.4 is 20.3 Å². The van der Waals surface area contributed by atoms with Gasteiger partial charge in [0.25, 0.3) is 0 Å². The highest BCUT2D eigenvalue weighted by molar-refractivity contribution is 5.92. The molecule has 9 heteroatoms. The van der Waals surface area contributed by atoms with E-state index in [0.29, 0.717) is 17.3 Å². The summed E-state index contributed by atoms with van der Waals surface area (Å²) in [7, 11) is 1.51. The lowest BCUT2D eigenvalue weighted by molar-refractivity contribution is 0.0931. The third-order valence-corrected chi connectivity index (χ3v) is 3.67. The van der Waals surface area contributed by atoms with Gasteiger partial charge in [0, 0.05) is 0 Å². The zero-order chi connectivity index (χ0) is 20.1. The summed E-state index contributed by atoms with van der Waals surface area (Å²) in [4.78, 5) is 12.1. The lowest BCUT2D eigenvalue weighted by Gasteiger charge is -2.09. The van der Waals surface area contributed by atoms with Crippen LogP contribution in [0.1, 0.15) is 16.3 Å². The number of furan rings is 1. The Morgan fingerprint density at radius 3 is 2.50 bits per heavy atom. The topological polar surface area (TPSA) is 72.7 Å². The molecule has 0 aliphatic rings. The Labute approximate surface area is 157 Å². The fourth-order valence-electron chi connectivity index (χ4n) is 2.27. The molecule has 0 bridgehead atoms. The number of hydrogen-bond donors (Lipinski definition) is 2. The first-order valence-corrected chi connectivity index (χ1v) is 8.04. The second-order valence-electron chi connectivity index (χ2n) is 5.51. The predicted octanol–water partition coefficient (Wildman–Crippen LogP) is 4.04. The van der Waals surface area contributed by atoms with E-state index in [4.69, 9.17) is 13.9 Å². The van der Waals surface area contributed by atoms with Gasteiger partial charge in [-0.25, -0.2) is 13.2 Å². The molecule has 3 rings (SSSR count). The number of nitrogens with one attached hydrogen (secondary N) is 2. The van der Waals surface area contributed by atoms with E-state index in [1.165, 1.54) is 19.2 Å². The van der Waals surface area contributed by atoms with Gasteiger partial charge in [-0.2, -0.15) is 0 Å². The molecule has 0 aliphatic carbocycles. The molecular formula is C19H15F3N2O4. The van der Waals surface area contributed by atoms with Crippen molar-refractivity contribution in [3.05, 3.63) is 77.5 Å². The van der Waals surface area contributed by atoms with E-state index in [1.807, 2.05) is 0 Å².